The zero-order valence-electron chi connectivity index (χ0n) is 15.7. The standard InChI is InChI=1S/C21H22FN3O3/c1-15-4-2-7-18(23-15)20(27)24-10-8-21(9-11-24)14-25(19(26)13-28-21)17-6-3-5-16(22)12-17/h2-7,12H,8-11,13-14H2,1H3. The average Bonchev–Trinajstić information content (AvgIpc) is 2.70. The Hall–Kier alpha value is -2.80. The molecule has 0 aliphatic carbocycles. The fourth-order valence-electron chi connectivity index (χ4n) is 3.84. The number of rotatable bonds is 2. The predicted octanol–water partition coefficient (Wildman–Crippen LogP) is 2.57. The second-order valence-electron chi connectivity index (χ2n) is 7.39. The first-order chi connectivity index (χ1) is 13.5. The molecule has 3 heterocycles. The van der Waals surface area contributed by atoms with Crippen LogP contribution in [0, 0.1) is 12.7 Å². The van der Waals surface area contributed by atoms with Gasteiger partial charge in [-0.3, -0.25) is 9.59 Å². The molecule has 2 aliphatic rings. The van der Waals surface area contributed by atoms with Crippen molar-refractivity contribution in [3.63, 3.8) is 0 Å². The van der Waals surface area contributed by atoms with Crippen LogP contribution >= 0.6 is 0 Å². The second-order valence-corrected chi connectivity index (χ2v) is 7.39. The highest BCUT2D eigenvalue weighted by Crippen LogP contribution is 2.33. The van der Waals surface area contributed by atoms with Gasteiger partial charge < -0.3 is 14.5 Å². The summed E-state index contributed by atoms with van der Waals surface area (Å²) in [4.78, 5) is 32.7. The molecule has 0 N–H and O–H groups in total. The monoisotopic (exact) mass is 383 g/mol. The first-order valence-electron chi connectivity index (χ1n) is 9.39. The van der Waals surface area contributed by atoms with Gasteiger partial charge in [0.2, 0.25) is 0 Å². The Balaban J connectivity index is 1.46. The van der Waals surface area contributed by atoms with Crippen molar-refractivity contribution in [1.29, 1.82) is 0 Å². The van der Waals surface area contributed by atoms with E-state index in [0.29, 0.717) is 43.9 Å². The van der Waals surface area contributed by atoms with Crippen LogP contribution in [0.1, 0.15) is 29.0 Å². The van der Waals surface area contributed by atoms with Crippen LogP contribution in [0.15, 0.2) is 42.5 Å². The largest absolute Gasteiger partial charge is 0.363 e. The van der Waals surface area contributed by atoms with Crippen LogP contribution in [-0.4, -0.2) is 53.5 Å². The van der Waals surface area contributed by atoms with Gasteiger partial charge in [0.1, 0.15) is 18.1 Å². The number of carbonyl (C=O) groups excluding carboxylic acids is 2. The number of anilines is 1. The van der Waals surface area contributed by atoms with Crippen LogP contribution in [0.2, 0.25) is 0 Å². The lowest BCUT2D eigenvalue weighted by atomic mass is 9.89. The molecule has 0 bridgehead atoms. The number of nitrogens with zero attached hydrogens (tertiary/aromatic N) is 3. The van der Waals surface area contributed by atoms with E-state index >= 15 is 0 Å². The predicted molar refractivity (Wildman–Crippen MR) is 102 cm³/mol. The first kappa shape index (κ1) is 18.6. The quantitative estimate of drug-likeness (QED) is 0.800. The van der Waals surface area contributed by atoms with Gasteiger partial charge in [0.25, 0.3) is 11.8 Å². The summed E-state index contributed by atoms with van der Waals surface area (Å²) < 4.78 is 19.5. The Morgan fingerprint density at radius 1 is 1.18 bits per heavy atom. The molecule has 1 aromatic carbocycles. The summed E-state index contributed by atoms with van der Waals surface area (Å²) in [6, 6.07) is 11.4. The third-order valence-corrected chi connectivity index (χ3v) is 5.44. The molecule has 1 spiro atoms. The Morgan fingerprint density at radius 3 is 2.64 bits per heavy atom. The number of benzene rings is 1. The number of likely N-dealkylation sites (tertiary alicyclic amines) is 1. The highest BCUT2D eigenvalue weighted by Gasteiger charge is 2.43. The average molecular weight is 383 g/mol. The Kier molecular flexibility index (Phi) is 4.85. The molecule has 2 aliphatic heterocycles. The van der Waals surface area contributed by atoms with Crippen molar-refractivity contribution < 1.29 is 18.7 Å². The molecule has 2 amide bonds. The molecule has 0 unspecified atom stereocenters. The van der Waals surface area contributed by atoms with Crippen LogP contribution in [0.4, 0.5) is 10.1 Å². The molecule has 0 radical (unpaired) electrons. The van der Waals surface area contributed by atoms with Gasteiger partial charge in [-0.25, -0.2) is 9.37 Å². The fourth-order valence-corrected chi connectivity index (χ4v) is 3.84. The van der Waals surface area contributed by atoms with Crippen molar-refractivity contribution in [2.24, 2.45) is 0 Å². The maximum absolute atomic E-state index is 13.6. The number of piperidine rings is 1. The number of pyridine rings is 1. The maximum atomic E-state index is 13.6. The van der Waals surface area contributed by atoms with Gasteiger partial charge in [-0.05, 0) is 50.1 Å². The van der Waals surface area contributed by atoms with Crippen molar-refractivity contribution in [3.8, 4) is 0 Å². The summed E-state index contributed by atoms with van der Waals surface area (Å²) in [7, 11) is 0. The minimum Gasteiger partial charge on any atom is -0.363 e. The first-order valence-corrected chi connectivity index (χ1v) is 9.39. The molecule has 146 valence electrons. The highest BCUT2D eigenvalue weighted by molar-refractivity contribution is 5.95. The minimum atomic E-state index is -0.517. The molecular weight excluding hydrogens is 361 g/mol. The highest BCUT2D eigenvalue weighted by atomic mass is 19.1. The number of aromatic nitrogens is 1. The molecule has 7 heteroatoms. The van der Waals surface area contributed by atoms with E-state index in [1.165, 1.54) is 12.1 Å². The second kappa shape index (κ2) is 7.31. The van der Waals surface area contributed by atoms with Gasteiger partial charge in [-0.15, -0.1) is 0 Å². The van der Waals surface area contributed by atoms with Gasteiger partial charge >= 0.3 is 0 Å². The number of amides is 2. The molecule has 2 saturated heterocycles. The van der Waals surface area contributed by atoms with Gasteiger partial charge in [-0.1, -0.05) is 12.1 Å². The summed E-state index contributed by atoms with van der Waals surface area (Å²) in [5.41, 5.74) is 1.27. The van der Waals surface area contributed by atoms with Gasteiger partial charge in [0.15, 0.2) is 0 Å². The van der Waals surface area contributed by atoms with Crippen molar-refractivity contribution in [1.82, 2.24) is 9.88 Å². The number of carbonyl (C=O) groups is 2. The summed E-state index contributed by atoms with van der Waals surface area (Å²) in [6.07, 6.45) is 1.23. The summed E-state index contributed by atoms with van der Waals surface area (Å²) in [5, 5.41) is 0. The van der Waals surface area contributed by atoms with Crippen molar-refractivity contribution >= 4 is 17.5 Å². The molecule has 2 fully saturated rings. The smallest absolute Gasteiger partial charge is 0.272 e. The van der Waals surface area contributed by atoms with Crippen molar-refractivity contribution in [2.45, 2.75) is 25.4 Å². The summed E-state index contributed by atoms with van der Waals surface area (Å²) in [6.45, 7) is 3.24. The molecule has 0 atom stereocenters. The van der Waals surface area contributed by atoms with Crippen LogP contribution in [0.5, 0.6) is 0 Å². The molecule has 1 aromatic heterocycles. The van der Waals surface area contributed by atoms with Crippen molar-refractivity contribution in [3.05, 3.63) is 59.7 Å². The van der Waals surface area contributed by atoms with E-state index in [2.05, 4.69) is 4.98 Å². The Bertz CT molecular complexity index is 909. The lowest BCUT2D eigenvalue weighted by Gasteiger charge is -2.46. The summed E-state index contributed by atoms with van der Waals surface area (Å²) in [5.74, 6) is -0.650. The number of hydrogen-bond donors (Lipinski definition) is 0. The van der Waals surface area contributed by atoms with E-state index in [-0.39, 0.29) is 24.2 Å². The molecule has 2 aromatic rings. The number of hydrogen-bond acceptors (Lipinski definition) is 4. The lowest BCUT2D eigenvalue weighted by Crippen LogP contribution is -2.59. The minimum absolute atomic E-state index is 0.0378. The molecule has 4 rings (SSSR count). The third kappa shape index (κ3) is 3.62. The van der Waals surface area contributed by atoms with E-state index in [1.807, 2.05) is 19.1 Å². The van der Waals surface area contributed by atoms with E-state index in [1.54, 1.807) is 28.0 Å². The molecule has 6 nitrogen and oxygen atoms in total. The third-order valence-electron chi connectivity index (χ3n) is 5.44. The van der Waals surface area contributed by atoms with Crippen molar-refractivity contribution in [2.75, 3.05) is 31.1 Å². The SMILES string of the molecule is Cc1cccc(C(=O)N2CCC3(CC2)CN(c2cccc(F)c2)C(=O)CO3)n1. The van der Waals surface area contributed by atoms with Gasteiger partial charge in [0.05, 0.1) is 12.1 Å². The van der Waals surface area contributed by atoms with E-state index in [9.17, 15) is 14.0 Å². The molecule has 28 heavy (non-hydrogen) atoms. The summed E-state index contributed by atoms with van der Waals surface area (Å²) >= 11 is 0. The van der Waals surface area contributed by atoms with Gasteiger partial charge in [0, 0.05) is 24.5 Å². The normalized spacial score (nSPS) is 19.1. The number of aryl methyl sites for hydroxylation is 1. The van der Waals surface area contributed by atoms with E-state index < -0.39 is 5.60 Å². The van der Waals surface area contributed by atoms with E-state index in [0.717, 1.165) is 5.69 Å². The molecule has 0 saturated carbocycles. The lowest BCUT2D eigenvalue weighted by molar-refractivity contribution is -0.143. The van der Waals surface area contributed by atoms with Gasteiger partial charge in [-0.2, -0.15) is 0 Å². The fraction of sp³-hybridized carbons (Fsp3) is 0.381. The maximum Gasteiger partial charge on any atom is 0.272 e. The zero-order valence-corrected chi connectivity index (χ0v) is 15.7. The Morgan fingerprint density at radius 2 is 1.93 bits per heavy atom. The number of ether oxygens (including phenoxy) is 1. The number of halogens is 1. The topological polar surface area (TPSA) is 62.7 Å². The van der Waals surface area contributed by atoms with Crippen LogP contribution < -0.4 is 4.90 Å². The zero-order chi connectivity index (χ0) is 19.7. The van der Waals surface area contributed by atoms with E-state index in [4.69, 9.17) is 4.74 Å². The van der Waals surface area contributed by atoms with Crippen LogP contribution in [0.3, 0.4) is 0 Å². The molecular formula is C21H22FN3O3. The number of morpholine rings is 1. The Labute approximate surface area is 162 Å². The van der Waals surface area contributed by atoms with Crippen LogP contribution in [-0.2, 0) is 9.53 Å². The van der Waals surface area contributed by atoms with Crippen LogP contribution in [0.25, 0.3) is 0 Å².